The first-order chi connectivity index (χ1) is 8.24. The standard InChI is InChI=1S/C13H20FNO2/c1-11-4-5-12(14)13(10-11)17-9-7-15-6-3-8-16-2/h4-5,10,15H,3,6-9H2,1-2H3. The molecule has 0 bridgehead atoms. The SMILES string of the molecule is COCCCNCCOc1cc(C)ccc1F. The van der Waals surface area contributed by atoms with E-state index in [1.807, 2.05) is 6.92 Å². The van der Waals surface area contributed by atoms with E-state index in [9.17, 15) is 4.39 Å². The van der Waals surface area contributed by atoms with Crippen LogP contribution in [0.5, 0.6) is 5.75 Å². The van der Waals surface area contributed by atoms with Crippen molar-refractivity contribution in [3.05, 3.63) is 29.6 Å². The lowest BCUT2D eigenvalue weighted by Gasteiger charge is -2.08. The van der Waals surface area contributed by atoms with Crippen LogP contribution in [-0.4, -0.2) is 33.4 Å². The zero-order valence-corrected chi connectivity index (χ0v) is 10.5. The predicted octanol–water partition coefficient (Wildman–Crippen LogP) is 2.14. The van der Waals surface area contributed by atoms with E-state index in [0.717, 1.165) is 25.1 Å². The summed E-state index contributed by atoms with van der Waals surface area (Å²) in [4.78, 5) is 0. The van der Waals surface area contributed by atoms with Gasteiger partial charge in [0.15, 0.2) is 11.6 Å². The zero-order chi connectivity index (χ0) is 12.5. The highest BCUT2D eigenvalue weighted by Gasteiger charge is 2.02. The summed E-state index contributed by atoms with van der Waals surface area (Å²) in [5.74, 6) is 0.0127. The van der Waals surface area contributed by atoms with Crippen molar-refractivity contribution < 1.29 is 13.9 Å². The van der Waals surface area contributed by atoms with Gasteiger partial charge in [0.1, 0.15) is 6.61 Å². The number of nitrogens with one attached hydrogen (secondary N) is 1. The molecule has 0 atom stereocenters. The summed E-state index contributed by atoms with van der Waals surface area (Å²) in [6.07, 6.45) is 0.968. The van der Waals surface area contributed by atoms with E-state index in [-0.39, 0.29) is 5.82 Å². The minimum atomic E-state index is -0.310. The molecule has 0 saturated carbocycles. The first-order valence-corrected chi connectivity index (χ1v) is 5.82. The van der Waals surface area contributed by atoms with Gasteiger partial charge in [-0.3, -0.25) is 0 Å². The van der Waals surface area contributed by atoms with Crippen LogP contribution in [0.15, 0.2) is 18.2 Å². The molecule has 0 aliphatic carbocycles. The van der Waals surface area contributed by atoms with Crippen molar-refractivity contribution >= 4 is 0 Å². The molecule has 0 aromatic heterocycles. The highest BCUT2D eigenvalue weighted by molar-refractivity contribution is 5.29. The fourth-order valence-corrected chi connectivity index (χ4v) is 1.42. The smallest absolute Gasteiger partial charge is 0.165 e. The van der Waals surface area contributed by atoms with Crippen LogP contribution in [0, 0.1) is 12.7 Å². The number of halogens is 1. The molecule has 0 unspecified atom stereocenters. The molecule has 0 amide bonds. The Morgan fingerprint density at radius 3 is 2.82 bits per heavy atom. The fraction of sp³-hybridized carbons (Fsp3) is 0.538. The second-order valence-electron chi connectivity index (χ2n) is 3.88. The zero-order valence-electron chi connectivity index (χ0n) is 10.5. The monoisotopic (exact) mass is 241 g/mol. The molecule has 17 heavy (non-hydrogen) atoms. The van der Waals surface area contributed by atoms with Gasteiger partial charge in [0.05, 0.1) is 0 Å². The molecule has 1 aromatic rings. The Balaban J connectivity index is 2.15. The van der Waals surface area contributed by atoms with Crippen molar-refractivity contribution in [3.63, 3.8) is 0 Å². The summed E-state index contributed by atoms with van der Waals surface area (Å²) < 4.78 is 23.6. The molecule has 0 aliphatic heterocycles. The topological polar surface area (TPSA) is 30.5 Å². The third-order valence-electron chi connectivity index (χ3n) is 2.33. The molecule has 0 radical (unpaired) electrons. The lowest BCUT2D eigenvalue weighted by atomic mass is 10.2. The third-order valence-corrected chi connectivity index (χ3v) is 2.33. The minimum absolute atomic E-state index is 0.310. The second kappa shape index (κ2) is 8.03. The maximum Gasteiger partial charge on any atom is 0.165 e. The molecule has 96 valence electrons. The maximum absolute atomic E-state index is 13.3. The summed E-state index contributed by atoms with van der Waals surface area (Å²) in [5.41, 5.74) is 0.995. The van der Waals surface area contributed by atoms with Gasteiger partial charge >= 0.3 is 0 Å². The van der Waals surface area contributed by atoms with Crippen LogP contribution < -0.4 is 10.1 Å². The van der Waals surface area contributed by atoms with Crippen LogP contribution in [0.3, 0.4) is 0 Å². The first-order valence-electron chi connectivity index (χ1n) is 5.82. The molecule has 1 N–H and O–H groups in total. The second-order valence-corrected chi connectivity index (χ2v) is 3.88. The molecule has 0 saturated heterocycles. The summed E-state index contributed by atoms with van der Waals surface area (Å²) in [6, 6.07) is 4.86. The summed E-state index contributed by atoms with van der Waals surface area (Å²) in [5, 5.41) is 3.20. The van der Waals surface area contributed by atoms with Crippen molar-refractivity contribution in [2.24, 2.45) is 0 Å². The van der Waals surface area contributed by atoms with Crippen molar-refractivity contribution in [1.29, 1.82) is 0 Å². The Labute approximate surface area is 102 Å². The molecule has 0 aliphatic rings. The van der Waals surface area contributed by atoms with Crippen molar-refractivity contribution in [3.8, 4) is 5.75 Å². The molecule has 0 fully saturated rings. The first kappa shape index (κ1) is 13.9. The Morgan fingerprint density at radius 1 is 1.24 bits per heavy atom. The van der Waals surface area contributed by atoms with Gasteiger partial charge in [-0.05, 0) is 37.6 Å². The van der Waals surface area contributed by atoms with E-state index in [0.29, 0.717) is 18.9 Å². The number of aryl methyl sites for hydroxylation is 1. The molecular weight excluding hydrogens is 221 g/mol. The van der Waals surface area contributed by atoms with Gasteiger partial charge in [-0.2, -0.15) is 0 Å². The molecular formula is C13H20FNO2. The number of benzene rings is 1. The van der Waals surface area contributed by atoms with Crippen LogP contribution in [0.4, 0.5) is 4.39 Å². The average Bonchev–Trinajstić information content (AvgIpc) is 2.32. The normalized spacial score (nSPS) is 10.5. The quantitative estimate of drug-likeness (QED) is 0.707. The maximum atomic E-state index is 13.3. The van der Waals surface area contributed by atoms with Crippen LogP contribution in [-0.2, 0) is 4.74 Å². The van der Waals surface area contributed by atoms with Gasteiger partial charge in [0.2, 0.25) is 0 Å². The van der Waals surface area contributed by atoms with Crippen molar-refractivity contribution in [2.75, 3.05) is 33.4 Å². The molecule has 1 aromatic carbocycles. The number of hydrogen-bond acceptors (Lipinski definition) is 3. The fourth-order valence-electron chi connectivity index (χ4n) is 1.42. The molecule has 3 nitrogen and oxygen atoms in total. The highest BCUT2D eigenvalue weighted by Crippen LogP contribution is 2.17. The largest absolute Gasteiger partial charge is 0.489 e. The Bertz CT molecular complexity index is 331. The van der Waals surface area contributed by atoms with Gasteiger partial charge in [0.25, 0.3) is 0 Å². The van der Waals surface area contributed by atoms with E-state index >= 15 is 0 Å². The van der Waals surface area contributed by atoms with Gasteiger partial charge in [-0.15, -0.1) is 0 Å². The van der Waals surface area contributed by atoms with E-state index in [2.05, 4.69) is 5.32 Å². The summed E-state index contributed by atoms with van der Waals surface area (Å²) in [7, 11) is 1.68. The number of ether oxygens (including phenoxy) is 2. The predicted molar refractivity (Wildman–Crippen MR) is 66.0 cm³/mol. The Kier molecular flexibility index (Phi) is 6.58. The average molecular weight is 241 g/mol. The van der Waals surface area contributed by atoms with Crippen LogP contribution in [0.25, 0.3) is 0 Å². The summed E-state index contributed by atoms with van der Waals surface area (Å²) in [6.45, 7) is 4.72. The number of hydrogen-bond donors (Lipinski definition) is 1. The van der Waals surface area contributed by atoms with Crippen LogP contribution >= 0.6 is 0 Å². The molecule has 0 spiro atoms. The van der Waals surface area contributed by atoms with Crippen molar-refractivity contribution in [2.45, 2.75) is 13.3 Å². The van der Waals surface area contributed by atoms with E-state index in [1.165, 1.54) is 6.07 Å². The van der Waals surface area contributed by atoms with Gasteiger partial charge in [-0.1, -0.05) is 6.07 Å². The van der Waals surface area contributed by atoms with E-state index < -0.39 is 0 Å². The number of rotatable bonds is 8. The van der Waals surface area contributed by atoms with E-state index in [4.69, 9.17) is 9.47 Å². The lowest BCUT2D eigenvalue weighted by Crippen LogP contribution is -2.23. The lowest BCUT2D eigenvalue weighted by molar-refractivity contribution is 0.193. The molecule has 0 heterocycles. The van der Waals surface area contributed by atoms with Crippen molar-refractivity contribution in [1.82, 2.24) is 5.32 Å². The molecule has 4 heteroatoms. The van der Waals surface area contributed by atoms with Crippen LogP contribution in [0.2, 0.25) is 0 Å². The van der Waals surface area contributed by atoms with Gasteiger partial charge < -0.3 is 14.8 Å². The molecule has 1 rings (SSSR count). The third kappa shape index (κ3) is 5.65. The Hall–Kier alpha value is -1.13. The highest BCUT2D eigenvalue weighted by atomic mass is 19.1. The van der Waals surface area contributed by atoms with Gasteiger partial charge in [-0.25, -0.2) is 4.39 Å². The Morgan fingerprint density at radius 2 is 2.06 bits per heavy atom. The number of methoxy groups -OCH3 is 1. The summed E-state index contributed by atoms with van der Waals surface area (Å²) >= 11 is 0. The van der Waals surface area contributed by atoms with E-state index in [1.54, 1.807) is 19.2 Å². The van der Waals surface area contributed by atoms with Crippen LogP contribution in [0.1, 0.15) is 12.0 Å². The van der Waals surface area contributed by atoms with Gasteiger partial charge in [0, 0.05) is 20.3 Å². The minimum Gasteiger partial charge on any atom is -0.489 e.